The van der Waals surface area contributed by atoms with Crippen LogP contribution in [-0.4, -0.2) is 58.6 Å². The number of alkyl halides is 3. The largest absolute Gasteiger partial charge is 0.435 e. The van der Waals surface area contributed by atoms with Crippen LogP contribution in [0.1, 0.15) is 46.3 Å². The standard InChI is InChI=1S/C28H29F3N6O2S/c1-5-37-15-24(27(34-37)28(29,30)31)21-11-18(33-17(2)38)8-9-20(21)23-14-36(26(39)7-6-10-35(3)4)16-25-22(23)12-19(13-32)40-25/h6-9,11-12,15,23H,5,10,14,16H2,1-4H3,(H,33,38)/b7-6+. The van der Waals surface area contributed by atoms with Gasteiger partial charge in [0, 0.05) is 60.9 Å². The van der Waals surface area contributed by atoms with Crippen LogP contribution in [0.15, 0.2) is 42.6 Å². The van der Waals surface area contributed by atoms with Gasteiger partial charge in [-0.1, -0.05) is 12.1 Å². The van der Waals surface area contributed by atoms with E-state index < -0.39 is 17.8 Å². The van der Waals surface area contributed by atoms with Crippen molar-refractivity contribution in [2.75, 3.05) is 32.5 Å². The highest BCUT2D eigenvalue weighted by Gasteiger charge is 2.39. The smallest absolute Gasteiger partial charge is 0.333 e. The lowest BCUT2D eigenvalue weighted by molar-refractivity contribution is -0.141. The van der Waals surface area contributed by atoms with Gasteiger partial charge >= 0.3 is 6.18 Å². The Balaban J connectivity index is 1.89. The van der Waals surface area contributed by atoms with Crippen LogP contribution in [0.25, 0.3) is 11.1 Å². The molecular formula is C28H29F3N6O2S. The predicted molar refractivity (Wildman–Crippen MR) is 147 cm³/mol. The number of amides is 2. The van der Waals surface area contributed by atoms with Crippen molar-refractivity contribution in [2.45, 2.75) is 39.0 Å². The van der Waals surface area contributed by atoms with E-state index in [1.54, 1.807) is 36.1 Å². The fourth-order valence-electron chi connectivity index (χ4n) is 4.74. The Bertz CT molecular complexity index is 1500. The zero-order chi connectivity index (χ0) is 29.2. The van der Waals surface area contributed by atoms with Crippen LogP contribution >= 0.6 is 11.3 Å². The number of benzene rings is 1. The van der Waals surface area contributed by atoms with Crippen molar-refractivity contribution in [1.29, 1.82) is 5.26 Å². The summed E-state index contributed by atoms with van der Waals surface area (Å²) < 4.78 is 43.7. The minimum Gasteiger partial charge on any atom is -0.333 e. The third-order valence-electron chi connectivity index (χ3n) is 6.50. The molecule has 1 atom stereocenters. The Hall–Kier alpha value is -3.95. The number of fused-ring (bicyclic) bond motifs is 1. The van der Waals surface area contributed by atoms with Gasteiger partial charge in [-0.25, -0.2) is 0 Å². The Morgan fingerprint density at radius 2 is 2.00 bits per heavy atom. The Morgan fingerprint density at radius 1 is 1.25 bits per heavy atom. The molecule has 0 saturated carbocycles. The molecule has 2 amide bonds. The van der Waals surface area contributed by atoms with Crippen molar-refractivity contribution >= 4 is 28.8 Å². The quantitative estimate of drug-likeness (QED) is 0.400. The fourth-order valence-corrected chi connectivity index (χ4v) is 5.78. The number of nitrogens with zero attached hydrogens (tertiary/aromatic N) is 5. The van der Waals surface area contributed by atoms with Gasteiger partial charge in [-0.15, -0.1) is 11.3 Å². The zero-order valence-corrected chi connectivity index (χ0v) is 23.4. The highest BCUT2D eigenvalue weighted by molar-refractivity contribution is 7.12. The third-order valence-corrected chi connectivity index (χ3v) is 7.54. The molecule has 1 unspecified atom stereocenters. The molecule has 40 heavy (non-hydrogen) atoms. The van der Waals surface area contributed by atoms with E-state index >= 15 is 0 Å². The van der Waals surface area contributed by atoms with Crippen LogP contribution in [0.3, 0.4) is 0 Å². The lowest BCUT2D eigenvalue weighted by Gasteiger charge is -2.33. The number of nitriles is 1. The number of aryl methyl sites for hydroxylation is 1. The number of likely N-dealkylation sites (N-methyl/N-ethyl adjacent to an activating group) is 1. The van der Waals surface area contributed by atoms with Crippen molar-refractivity contribution in [3.8, 4) is 17.2 Å². The van der Waals surface area contributed by atoms with Crippen LogP contribution in [-0.2, 0) is 28.9 Å². The van der Waals surface area contributed by atoms with E-state index in [4.69, 9.17) is 0 Å². The Morgan fingerprint density at radius 3 is 2.62 bits per heavy atom. The summed E-state index contributed by atoms with van der Waals surface area (Å²) in [5, 5.41) is 16.0. The lowest BCUT2D eigenvalue weighted by atomic mass is 9.83. The molecule has 1 aromatic carbocycles. The summed E-state index contributed by atoms with van der Waals surface area (Å²) in [6.07, 6.45) is -0.117. The zero-order valence-electron chi connectivity index (χ0n) is 22.5. The molecule has 1 aliphatic heterocycles. The van der Waals surface area contributed by atoms with Crippen LogP contribution in [0.4, 0.5) is 18.9 Å². The first-order chi connectivity index (χ1) is 18.9. The Labute approximate surface area is 234 Å². The number of carbonyl (C=O) groups excluding carboxylic acids is 2. The van der Waals surface area contributed by atoms with E-state index in [1.807, 2.05) is 19.0 Å². The number of halogens is 3. The molecule has 0 bridgehead atoms. The maximum atomic E-state index is 14.2. The van der Waals surface area contributed by atoms with E-state index in [0.29, 0.717) is 29.2 Å². The molecule has 2 aromatic heterocycles. The molecule has 8 nitrogen and oxygen atoms in total. The second kappa shape index (κ2) is 11.7. The number of nitrogens with one attached hydrogen (secondary N) is 1. The molecule has 0 saturated heterocycles. The van der Waals surface area contributed by atoms with Crippen LogP contribution in [0.2, 0.25) is 0 Å². The molecule has 1 N–H and O–H groups in total. The van der Waals surface area contributed by atoms with Gasteiger partial charge in [0.05, 0.1) is 6.54 Å². The molecule has 0 spiro atoms. The van der Waals surface area contributed by atoms with E-state index in [2.05, 4.69) is 16.5 Å². The maximum absolute atomic E-state index is 14.2. The van der Waals surface area contributed by atoms with Gasteiger partial charge in [0.2, 0.25) is 11.8 Å². The lowest BCUT2D eigenvalue weighted by Crippen LogP contribution is -2.37. The minimum atomic E-state index is -4.72. The van der Waals surface area contributed by atoms with Gasteiger partial charge in [-0.2, -0.15) is 23.5 Å². The molecule has 0 fully saturated rings. The highest BCUT2D eigenvalue weighted by atomic mass is 32.1. The van der Waals surface area contributed by atoms with E-state index in [0.717, 1.165) is 10.4 Å². The summed E-state index contributed by atoms with van der Waals surface area (Å²) in [4.78, 5) is 29.7. The number of hydrogen-bond acceptors (Lipinski definition) is 6. The molecule has 3 heterocycles. The van der Waals surface area contributed by atoms with Crippen molar-refractivity contribution in [2.24, 2.45) is 0 Å². The number of carbonyl (C=O) groups is 2. The van der Waals surface area contributed by atoms with Gasteiger partial charge in [-0.3, -0.25) is 14.3 Å². The summed E-state index contributed by atoms with van der Waals surface area (Å²) >= 11 is 1.27. The number of hydrogen-bond donors (Lipinski definition) is 1. The normalized spacial score (nSPS) is 15.4. The third kappa shape index (κ3) is 6.26. The predicted octanol–water partition coefficient (Wildman–Crippen LogP) is 5.07. The van der Waals surface area contributed by atoms with Gasteiger partial charge in [0.1, 0.15) is 10.9 Å². The second-order valence-corrected chi connectivity index (χ2v) is 10.9. The second-order valence-electron chi connectivity index (χ2n) is 9.76. The summed E-state index contributed by atoms with van der Waals surface area (Å²) in [7, 11) is 3.77. The van der Waals surface area contributed by atoms with Crippen molar-refractivity contribution in [3.05, 3.63) is 69.2 Å². The van der Waals surface area contributed by atoms with Crippen LogP contribution < -0.4 is 5.32 Å². The highest BCUT2D eigenvalue weighted by Crippen LogP contribution is 2.45. The first-order valence-electron chi connectivity index (χ1n) is 12.6. The molecule has 210 valence electrons. The van der Waals surface area contributed by atoms with Gasteiger partial charge in [0.25, 0.3) is 0 Å². The summed E-state index contributed by atoms with van der Waals surface area (Å²) in [5.74, 6) is -1.10. The van der Waals surface area contributed by atoms with Gasteiger partial charge in [-0.05, 0) is 55.9 Å². The molecule has 12 heteroatoms. The Kier molecular flexibility index (Phi) is 8.46. The maximum Gasteiger partial charge on any atom is 0.435 e. The topological polar surface area (TPSA) is 94.3 Å². The minimum absolute atomic E-state index is 0.122. The van der Waals surface area contributed by atoms with Gasteiger partial charge in [0.15, 0.2) is 5.69 Å². The number of rotatable bonds is 7. The van der Waals surface area contributed by atoms with Crippen molar-refractivity contribution < 1.29 is 22.8 Å². The summed E-state index contributed by atoms with van der Waals surface area (Å²) in [6, 6.07) is 8.72. The number of anilines is 1. The van der Waals surface area contributed by atoms with Crippen molar-refractivity contribution in [3.63, 3.8) is 0 Å². The molecule has 1 aliphatic rings. The average Bonchev–Trinajstić information content (AvgIpc) is 3.52. The van der Waals surface area contributed by atoms with E-state index in [9.17, 15) is 28.0 Å². The van der Waals surface area contributed by atoms with Gasteiger partial charge < -0.3 is 15.1 Å². The molecule has 4 rings (SSSR count). The van der Waals surface area contributed by atoms with Crippen molar-refractivity contribution in [1.82, 2.24) is 19.6 Å². The molecule has 3 aromatic rings. The number of aromatic nitrogens is 2. The molecular weight excluding hydrogens is 541 g/mol. The summed E-state index contributed by atoms with van der Waals surface area (Å²) in [5.41, 5.74) is 0.761. The van der Waals surface area contributed by atoms with Crippen LogP contribution in [0.5, 0.6) is 0 Å². The SMILES string of the molecule is CCn1cc(-c2cc(NC(C)=O)ccc2C2CN(C(=O)/C=C/CN(C)C)Cc3sc(C#N)cc32)c(C(F)(F)F)n1. The fraction of sp³-hybridized carbons (Fsp3) is 0.357. The summed E-state index contributed by atoms with van der Waals surface area (Å²) in [6.45, 7) is 4.32. The number of thiophene rings is 1. The van der Waals surface area contributed by atoms with E-state index in [-0.39, 0.29) is 36.0 Å². The monoisotopic (exact) mass is 570 g/mol. The average molecular weight is 571 g/mol. The first-order valence-corrected chi connectivity index (χ1v) is 13.4. The molecule has 0 radical (unpaired) electrons. The van der Waals surface area contributed by atoms with E-state index in [1.165, 1.54) is 41.3 Å². The first kappa shape index (κ1) is 29.0. The van der Waals surface area contributed by atoms with Crippen LogP contribution in [0, 0.1) is 11.3 Å². The molecule has 0 aliphatic carbocycles.